The Morgan fingerprint density at radius 1 is 1.00 bits per heavy atom. The van der Waals surface area contributed by atoms with E-state index in [1.807, 2.05) is 36.4 Å². The molecule has 2 aliphatic rings. The van der Waals surface area contributed by atoms with Gasteiger partial charge in [-0.05, 0) is 37.1 Å². The Balaban J connectivity index is 1.33. The second-order valence-electron chi connectivity index (χ2n) is 7.21. The molecule has 1 aromatic carbocycles. The summed E-state index contributed by atoms with van der Waals surface area (Å²) in [5, 5.41) is 4.52. The van der Waals surface area contributed by atoms with Crippen LogP contribution in [0.2, 0.25) is 0 Å². The average Bonchev–Trinajstić information content (AvgIpc) is 3.44. The number of anilines is 2. The molecule has 0 bridgehead atoms. The first-order valence-corrected chi connectivity index (χ1v) is 9.92. The van der Waals surface area contributed by atoms with Crippen LogP contribution in [0.5, 0.6) is 5.75 Å². The van der Waals surface area contributed by atoms with Crippen molar-refractivity contribution in [1.29, 1.82) is 0 Å². The SMILES string of the molecule is O=C1c2cc(COc3ccccc3)nn2CCN1c1nccc(N2CCCC2)n1. The Bertz CT molecular complexity index is 1010. The molecule has 148 valence electrons. The fourth-order valence-electron chi connectivity index (χ4n) is 3.77. The predicted octanol–water partition coefficient (Wildman–Crippen LogP) is 2.51. The van der Waals surface area contributed by atoms with Crippen molar-refractivity contribution in [2.45, 2.75) is 26.0 Å². The summed E-state index contributed by atoms with van der Waals surface area (Å²) in [6.45, 7) is 3.42. The standard InChI is InChI=1S/C21H22N6O2/c28-20-18-14-16(15-29-17-6-2-1-3-7-17)24-27(18)13-12-26(20)21-22-9-8-19(23-21)25-10-4-5-11-25/h1-3,6-9,14H,4-5,10-13,15H2. The molecule has 0 spiro atoms. The molecule has 29 heavy (non-hydrogen) atoms. The van der Waals surface area contributed by atoms with Crippen molar-refractivity contribution >= 4 is 17.7 Å². The average molecular weight is 390 g/mol. The Kier molecular flexibility index (Phi) is 4.59. The van der Waals surface area contributed by atoms with Crippen LogP contribution >= 0.6 is 0 Å². The molecule has 0 N–H and O–H groups in total. The number of carbonyl (C=O) groups is 1. The van der Waals surface area contributed by atoms with Gasteiger partial charge in [-0.1, -0.05) is 18.2 Å². The van der Waals surface area contributed by atoms with Gasteiger partial charge in [-0.25, -0.2) is 4.98 Å². The Morgan fingerprint density at radius 3 is 2.66 bits per heavy atom. The summed E-state index contributed by atoms with van der Waals surface area (Å²) in [6.07, 6.45) is 4.08. The number of hydrogen-bond donors (Lipinski definition) is 0. The van der Waals surface area contributed by atoms with Gasteiger partial charge < -0.3 is 9.64 Å². The topological polar surface area (TPSA) is 76.4 Å². The molecule has 2 aromatic heterocycles. The van der Waals surface area contributed by atoms with Gasteiger partial charge in [0.2, 0.25) is 5.95 Å². The number of fused-ring (bicyclic) bond motifs is 1. The van der Waals surface area contributed by atoms with Crippen molar-refractivity contribution in [1.82, 2.24) is 19.7 Å². The lowest BCUT2D eigenvalue weighted by Crippen LogP contribution is -2.41. The van der Waals surface area contributed by atoms with Gasteiger partial charge in [0.05, 0.1) is 6.54 Å². The molecule has 1 fully saturated rings. The normalized spacial score (nSPS) is 16.2. The largest absolute Gasteiger partial charge is 0.487 e. The molecule has 4 heterocycles. The fourth-order valence-corrected chi connectivity index (χ4v) is 3.77. The van der Waals surface area contributed by atoms with Crippen molar-refractivity contribution in [3.8, 4) is 5.75 Å². The number of para-hydroxylation sites is 1. The smallest absolute Gasteiger partial charge is 0.278 e. The maximum Gasteiger partial charge on any atom is 0.278 e. The highest BCUT2D eigenvalue weighted by atomic mass is 16.5. The zero-order chi connectivity index (χ0) is 19.6. The zero-order valence-electron chi connectivity index (χ0n) is 16.1. The Hall–Kier alpha value is -3.42. The summed E-state index contributed by atoms with van der Waals surface area (Å²) in [6, 6.07) is 13.3. The van der Waals surface area contributed by atoms with E-state index in [9.17, 15) is 4.79 Å². The minimum Gasteiger partial charge on any atom is -0.487 e. The van der Waals surface area contributed by atoms with Crippen LogP contribution in [0, 0.1) is 0 Å². The quantitative estimate of drug-likeness (QED) is 0.666. The molecular weight excluding hydrogens is 368 g/mol. The lowest BCUT2D eigenvalue weighted by atomic mass is 10.2. The van der Waals surface area contributed by atoms with Crippen molar-refractivity contribution in [3.63, 3.8) is 0 Å². The van der Waals surface area contributed by atoms with Gasteiger partial charge in [-0.15, -0.1) is 0 Å². The molecule has 8 heteroatoms. The highest BCUT2D eigenvalue weighted by Gasteiger charge is 2.29. The third-order valence-corrected chi connectivity index (χ3v) is 5.26. The molecule has 2 aliphatic heterocycles. The van der Waals surface area contributed by atoms with Gasteiger partial charge in [-0.3, -0.25) is 14.4 Å². The van der Waals surface area contributed by atoms with E-state index < -0.39 is 0 Å². The summed E-state index contributed by atoms with van der Waals surface area (Å²) in [7, 11) is 0. The first kappa shape index (κ1) is 17.7. The monoisotopic (exact) mass is 390 g/mol. The van der Waals surface area contributed by atoms with E-state index in [0.717, 1.165) is 30.4 Å². The molecule has 0 atom stereocenters. The number of carbonyl (C=O) groups excluding carboxylic acids is 1. The van der Waals surface area contributed by atoms with Crippen LogP contribution in [0.15, 0.2) is 48.7 Å². The lowest BCUT2D eigenvalue weighted by Gasteiger charge is -2.26. The van der Waals surface area contributed by atoms with Crippen molar-refractivity contribution in [2.24, 2.45) is 0 Å². The van der Waals surface area contributed by atoms with Gasteiger partial charge in [0.1, 0.15) is 29.6 Å². The van der Waals surface area contributed by atoms with Gasteiger partial charge in [-0.2, -0.15) is 10.1 Å². The third-order valence-electron chi connectivity index (χ3n) is 5.26. The number of hydrogen-bond acceptors (Lipinski definition) is 6. The van der Waals surface area contributed by atoms with E-state index in [0.29, 0.717) is 31.3 Å². The van der Waals surface area contributed by atoms with E-state index >= 15 is 0 Å². The maximum atomic E-state index is 13.1. The zero-order valence-corrected chi connectivity index (χ0v) is 16.1. The number of benzene rings is 1. The molecule has 0 radical (unpaired) electrons. The highest BCUT2D eigenvalue weighted by Crippen LogP contribution is 2.23. The number of aromatic nitrogens is 4. The molecule has 0 saturated carbocycles. The highest BCUT2D eigenvalue weighted by molar-refractivity contribution is 6.04. The van der Waals surface area contributed by atoms with Crippen LogP contribution in [-0.4, -0.2) is 45.3 Å². The Labute approximate surface area is 168 Å². The van der Waals surface area contributed by atoms with Crippen LogP contribution in [0.4, 0.5) is 11.8 Å². The van der Waals surface area contributed by atoms with Crippen LogP contribution in [0.25, 0.3) is 0 Å². The van der Waals surface area contributed by atoms with Crippen LogP contribution in [-0.2, 0) is 13.2 Å². The third kappa shape index (κ3) is 3.53. The van der Waals surface area contributed by atoms with E-state index in [2.05, 4.69) is 20.0 Å². The minimum absolute atomic E-state index is 0.131. The lowest BCUT2D eigenvalue weighted by molar-refractivity contribution is 0.0960. The molecule has 8 nitrogen and oxygen atoms in total. The molecule has 1 saturated heterocycles. The predicted molar refractivity (Wildman–Crippen MR) is 108 cm³/mol. The second-order valence-corrected chi connectivity index (χ2v) is 7.21. The first-order chi connectivity index (χ1) is 14.3. The molecule has 3 aromatic rings. The summed E-state index contributed by atoms with van der Waals surface area (Å²) in [4.78, 5) is 25.9. The summed E-state index contributed by atoms with van der Waals surface area (Å²) in [5.74, 6) is 1.98. The molecule has 0 unspecified atom stereocenters. The van der Waals surface area contributed by atoms with E-state index in [4.69, 9.17) is 4.74 Å². The van der Waals surface area contributed by atoms with Crippen LogP contribution in [0.3, 0.4) is 0 Å². The van der Waals surface area contributed by atoms with Crippen molar-refractivity contribution in [2.75, 3.05) is 29.4 Å². The number of rotatable bonds is 5. The first-order valence-electron chi connectivity index (χ1n) is 9.92. The van der Waals surface area contributed by atoms with Crippen LogP contribution in [0.1, 0.15) is 29.0 Å². The molecule has 0 aliphatic carbocycles. The van der Waals surface area contributed by atoms with Gasteiger partial charge >= 0.3 is 0 Å². The fraction of sp³-hybridized carbons (Fsp3) is 0.333. The molecule has 1 amide bonds. The van der Waals surface area contributed by atoms with Gasteiger partial charge in [0.15, 0.2) is 0 Å². The maximum absolute atomic E-state index is 13.1. The van der Waals surface area contributed by atoms with E-state index in [-0.39, 0.29) is 5.91 Å². The van der Waals surface area contributed by atoms with Gasteiger partial charge in [0.25, 0.3) is 5.91 Å². The minimum atomic E-state index is -0.131. The number of nitrogens with zero attached hydrogens (tertiary/aromatic N) is 6. The number of amides is 1. The van der Waals surface area contributed by atoms with E-state index in [1.54, 1.807) is 21.8 Å². The summed E-state index contributed by atoms with van der Waals surface area (Å²) >= 11 is 0. The second kappa shape index (κ2) is 7.54. The number of ether oxygens (including phenoxy) is 1. The van der Waals surface area contributed by atoms with Crippen LogP contribution < -0.4 is 14.5 Å². The van der Waals surface area contributed by atoms with Crippen molar-refractivity contribution < 1.29 is 9.53 Å². The summed E-state index contributed by atoms with van der Waals surface area (Å²) in [5.41, 5.74) is 1.27. The Morgan fingerprint density at radius 2 is 1.83 bits per heavy atom. The van der Waals surface area contributed by atoms with E-state index in [1.165, 1.54) is 12.8 Å². The summed E-state index contributed by atoms with van der Waals surface area (Å²) < 4.78 is 7.50. The molecule has 5 rings (SSSR count). The molecular formula is C21H22N6O2. The van der Waals surface area contributed by atoms with Crippen molar-refractivity contribution in [3.05, 3.63) is 60.0 Å². The van der Waals surface area contributed by atoms with Gasteiger partial charge in [0, 0.05) is 25.8 Å².